The maximum atomic E-state index is 13.7. The fourth-order valence-electron chi connectivity index (χ4n) is 2.93. The van der Waals surface area contributed by atoms with Crippen molar-refractivity contribution in [3.05, 3.63) is 53.3 Å². The molecule has 0 saturated carbocycles. The first-order chi connectivity index (χ1) is 13.3. The zero-order valence-corrected chi connectivity index (χ0v) is 15.0. The lowest BCUT2D eigenvalue weighted by molar-refractivity contribution is -0.136. The highest BCUT2D eigenvalue weighted by atomic mass is 35.5. The van der Waals surface area contributed by atoms with Crippen LogP contribution >= 0.6 is 11.6 Å². The minimum Gasteiger partial charge on any atom is -0.462 e. The number of para-hydroxylation sites is 1. The van der Waals surface area contributed by atoms with Gasteiger partial charge >= 0.3 is 12.2 Å². The molecule has 0 amide bonds. The molecule has 1 aliphatic heterocycles. The summed E-state index contributed by atoms with van der Waals surface area (Å²) in [6.45, 7) is 4.60. The maximum Gasteiger partial charge on any atom is 0.420 e. The number of halogens is 4. The Morgan fingerprint density at radius 3 is 2.75 bits per heavy atom. The van der Waals surface area contributed by atoms with E-state index in [-0.39, 0.29) is 29.3 Å². The van der Waals surface area contributed by atoms with Gasteiger partial charge < -0.3 is 15.4 Å². The highest BCUT2D eigenvalue weighted by Gasteiger charge is 2.38. The third-order valence-corrected chi connectivity index (χ3v) is 4.41. The van der Waals surface area contributed by atoms with Crippen molar-refractivity contribution in [2.24, 2.45) is 0 Å². The number of ether oxygens (including phenoxy) is 1. The van der Waals surface area contributed by atoms with Crippen molar-refractivity contribution in [2.45, 2.75) is 6.18 Å². The number of aromatic nitrogens is 3. The van der Waals surface area contributed by atoms with E-state index in [9.17, 15) is 13.2 Å². The Morgan fingerprint density at radius 2 is 1.96 bits per heavy atom. The van der Waals surface area contributed by atoms with Crippen LogP contribution in [0.5, 0.6) is 6.01 Å². The van der Waals surface area contributed by atoms with Crippen molar-refractivity contribution < 1.29 is 17.9 Å². The number of benzene rings is 1. The lowest BCUT2D eigenvalue weighted by Gasteiger charge is -2.17. The Kier molecular flexibility index (Phi) is 4.46. The van der Waals surface area contributed by atoms with Crippen molar-refractivity contribution in [1.29, 1.82) is 0 Å². The molecule has 2 bridgehead atoms. The standard InChI is InChI=1S/C18H13ClF3N5O/c1-9-10-4-2-3-5-11(10)23-6-7-28-17-26-12-8-24-15(19)14(18(20,21)22)13(12)16(25-9)27-17/h2-5,8,23H,1,6-7H2,(H,25,26,27). The van der Waals surface area contributed by atoms with Crippen LogP contribution in [0.3, 0.4) is 0 Å². The lowest BCUT2D eigenvalue weighted by atomic mass is 10.1. The van der Waals surface area contributed by atoms with Crippen molar-refractivity contribution in [3.8, 4) is 6.01 Å². The second-order valence-electron chi connectivity index (χ2n) is 5.96. The summed E-state index contributed by atoms with van der Waals surface area (Å²) in [6, 6.07) is 7.19. The van der Waals surface area contributed by atoms with Crippen LogP contribution in [-0.4, -0.2) is 28.1 Å². The van der Waals surface area contributed by atoms with Crippen LogP contribution in [0.2, 0.25) is 5.15 Å². The molecular formula is C18H13ClF3N5O. The zero-order valence-electron chi connectivity index (χ0n) is 14.3. The van der Waals surface area contributed by atoms with Crippen LogP contribution in [-0.2, 0) is 6.18 Å². The Balaban J connectivity index is 1.96. The molecule has 0 atom stereocenters. The predicted octanol–water partition coefficient (Wildman–Crippen LogP) is 4.58. The van der Waals surface area contributed by atoms with E-state index in [1.54, 1.807) is 12.1 Å². The number of rotatable bonds is 0. The van der Waals surface area contributed by atoms with E-state index in [2.05, 4.69) is 32.2 Å². The molecule has 10 heteroatoms. The SMILES string of the molecule is C=C1Nc2nc(nc3cnc(Cl)c(C(F)(F)F)c23)OCCNc2ccccc21. The molecule has 144 valence electrons. The monoisotopic (exact) mass is 407 g/mol. The molecule has 0 spiro atoms. The van der Waals surface area contributed by atoms with E-state index in [4.69, 9.17) is 16.3 Å². The van der Waals surface area contributed by atoms with Crippen LogP contribution < -0.4 is 15.4 Å². The fraction of sp³-hybridized carbons (Fsp3) is 0.167. The van der Waals surface area contributed by atoms with Crippen molar-refractivity contribution in [3.63, 3.8) is 0 Å². The van der Waals surface area contributed by atoms with Crippen LogP contribution in [0, 0.1) is 0 Å². The van der Waals surface area contributed by atoms with Crippen LogP contribution in [0.15, 0.2) is 37.0 Å². The van der Waals surface area contributed by atoms with Crippen molar-refractivity contribution in [2.75, 3.05) is 23.8 Å². The Hall–Kier alpha value is -3.07. The minimum absolute atomic E-state index is 0.0440. The van der Waals surface area contributed by atoms with Gasteiger partial charge in [0.25, 0.3) is 0 Å². The first kappa shape index (κ1) is 18.3. The molecule has 2 N–H and O–H groups in total. The molecule has 1 aromatic carbocycles. The average Bonchev–Trinajstić information content (AvgIpc) is 2.66. The summed E-state index contributed by atoms with van der Waals surface area (Å²) in [6.07, 6.45) is -3.60. The molecular weight excluding hydrogens is 395 g/mol. The molecule has 0 radical (unpaired) electrons. The summed E-state index contributed by atoms with van der Waals surface area (Å²) < 4.78 is 46.5. The third-order valence-electron chi connectivity index (χ3n) is 4.13. The predicted molar refractivity (Wildman–Crippen MR) is 100 cm³/mol. The van der Waals surface area contributed by atoms with Gasteiger partial charge in [-0.05, 0) is 6.07 Å². The van der Waals surface area contributed by atoms with E-state index in [0.29, 0.717) is 17.8 Å². The van der Waals surface area contributed by atoms with Gasteiger partial charge in [0.05, 0.1) is 17.1 Å². The largest absolute Gasteiger partial charge is 0.462 e. The van der Waals surface area contributed by atoms with Gasteiger partial charge in [0.15, 0.2) is 0 Å². The second-order valence-corrected chi connectivity index (χ2v) is 6.32. The van der Waals surface area contributed by atoms with Crippen molar-refractivity contribution in [1.82, 2.24) is 15.0 Å². The molecule has 28 heavy (non-hydrogen) atoms. The van der Waals surface area contributed by atoms with Gasteiger partial charge in [0.1, 0.15) is 23.1 Å². The summed E-state index contributed by atoms with van der Waals surface area (Å²) in [5.41, 5.74) is 0.641. The number of hydrogen-bond donors (Lipinski definition) is 2. The minimum atomic E-state index is -4.75. The molecule has 1 aliphatic rings. The smallest absolute Gasteiger partial charge is 0.420 e. The summed E-state index contributed by atoms with van der Waals surface area (Å²) >= 11 is 5.77. The third kappa shape index (κ3) is 3.29. The highest BCUT2D eigenvalue weighted by molar-refractivity contribution is 6.31. The van der Waals surface area contributed by atoms with Gasteiger partial charge in [-0.1, -0.05) is 36.4 Å². The van der Waals surface area contributed by atoms with Gasteiger partial charge in [-0.2, -0.15) is 23.1 Å². The van der Waals surface area contributed by atoms with Gasteiger partial charge in [0.2, 0.25) is 0 Å². The van der Waals surface area contributed by atoms with Gasteiger partial charge in [-0.15, -0.1) is 0 Å². The first-order valence-corrected chi connectivity index (χ1v) is 8.58. The van der Waals surface area contributed by atoms with Gasteiger partial charge in [0, 0.05) is 23.5 Å². The molecule has 0 saturated heterocycles. The van der Waals surface area contributed by atoms with E-state index < -0.39 is 16.9 Å². The van der Waals surface area contributed by atoms with E-state index in [1.165, 1.54) is 0 Å². The maximum absolute atomic E-state index is 13.7. The van der Waals surface area contributed by atoms with E-state index in [1.807, 2.05) is 12.1 Å². The summed E-state index contributed by atoms with van der Waals surface area (Å²) in [4.78, 5) is 11.8. The number of nitrogens with one attached hydrogen (secondary N) is 2. The molecule has 2 aromatic heterocycles. The summed E-state index contributed by atoms with van der Waals surface area (Å²) in [5.74, 6) is -0.113. The van der Waals surface area contributed by atoms with Gasteiger partial charge in [-0.3, -0.25) is 0 Å². The Labute approximate surface area is 162 Å². The second kappa shape index (κ2) is 6.83. The lowest BCUT2D eigenvalue weighted by Crippen LogP contribution is -2.13. The summed E-state index contributed by atoms with van der Waals surface area (Å²) in [5, 5.41) is 5.07. The van der Waals surface area contributed by atoms with Crippen LogP contribution in [0.4, 0.5) is 24.7 Å². The normalized spacial score (nSPS) is 14.4. The fourth-order valence-corrected chi connectivity index (χ4v) is 3.19. The molecule has 4 rings (SSSR count). The number of anilines is 2. The number of pyridine rings is 1. The highest BCUT2D eigenvalue weighted by Crippen LogP contribution is 2.41. The number of hydrogen-bond acceptors (Lipinski definition) is 6. The molecule has 6 nitrogen and oxygen atoms in total. The number of alkyl halides is 3. The quantitative estimate of drug-likeness (QED) is 0.531. The molecule has 0 fully saturated rings. The van der Waals surface area contributed by atoms with Crippen LogP contribution in [0.25, 0.3) is 16.6 Å². The molecule has 0 unspecified atom stereocenters. The van der Waals surface area contributed by atoms with Crippen LogP contribution in [0.1, 0.15) is 11.1 Å². The Bertz CT molecular complexity index is 1090. The zero-order chi connectivity index (χ0) is 19.9. The average molecular weight is 408 g/mol. The Morgan fingerprint density at radius 1 is 1.18 bits per heavy atom. The first-order valence-electron chi connectivity index (χ1n) is 8.20. The van der Waals surface area contributed by atoms with E-state index in [0.717, 1.165) is 11.9 Å². The van der Waals surface area contributed by atoms with Crippen molar-refractivity contribution >= 4 is 39.7 Å². The number of nitrogens with zero attached hydrogens (tertiary/aromatic N) is 3. The van der Waals surface area contributed by atoms with Gasteiger partial charge in [-0.25, -0.2) is 4.98 Å². The van der Waals surface area contributed by atoms with E-state index >= 15 is 0 Å². The number of fused-ring (bicyclic) bond motifs is 5. The molecule has 0 aliphatic carbocycles. The topological polar surface area (TPSA) is 72.0 Å². The molecule has 3 aromatic rings. The molecule has 3 heterocycles. The summed E-state index contributed by atoms with van der Waals surface area (Å²) in [7, 11) is 0.